The number of methoxy groups -OCH3 is 1. The van der Waals surface area contributed by atoms with Crippen molar-refractivity contribution >= 4 is 22.8 Å². The molecule has 164 valence electrons. The first-order chi connectivity index (χ1) is 14.2. The van der Waals surface area contributed by atoms with Crippen LogP contribution in [0.15, 0.2) is 18.3 Å². The lowest BCUT2D eigenvalue weighted by Gasteiger charge is -2.38. The molecule has 0 saturated carbocycles. The number of nitrogens with one attached hydrogen (secondary N) is 2. The van der Waals surface area contributed by atoms with Crippen LogP contribution in [0.3, 0.4) is 0 Å². The van der Waals surface area contributed by atoms with Crippen molar-refractivity contribution in [3.8, 4) is 11.5 Å². The van der Waals surface area contributed by atoms with E-state index in [2.05, 4.69) is 10.3 Å². The number of ether oxygens (including phenoxy) is 3. The van der Waals surface area contributed by atoms with E-state index in [-0.39, 0.29) is 17.4 Å². The first-order valence-electron chi connectivity index (χ1n) is 9.24. The van der Waals surface area contributed by atoms with Crippen LogP contribution >= 0.6 is 0 Å². The van der Waals surface area contributed by atoms with Crippen LogP contribution in [-0.4, -0.2) is 81.6 Å². The van der Waals surface area contributed by atoms with Crippen LogP contribution in [0.25, 0.3) is 10.9 Å². The molecule has 0 spiro atoms. The highest BCUT2D eigenvalue weighted by Gasteiger charge is 2.48. The molecule has 0 aliphatic carbocycles. The number of aromatic amines is 1. The standard InChI is InChI=1S/C19H24N2O9/c1-8(22)20-4-3-9-7-21-11-6-13(12(28-2)5-10(9)11)29-19-16(25)14(23)15(24)17(30-19)18(26)27/h5-7,14-17,19,21,23-25H,3-4H2,1-2H3,(H,20,22)(H,26,27)/t14-,15-,16+,17-,19+/m0/s1. The lowest BCUT2D eigenvalue weighted by atomic mass is 9.99. The fourth-order valence-corrected chi connectivity index (χ4v) is 3.29. The lowest BCUT2D eigenvalue weighted by Crippen LogP contribution is -2.61. The Morgan fingerprint density at radius 1 is 1.17 bits per heavy atom. The number of benzene rings is 1. The van der Waals surface area contributed by atoms with Gasteiger partial charge in [0.05, 0.1) is 7.11 Å². The van der Waals surface area contributed by atoms with Gasteiger partial charge in [-0.15, -0.1) is 0 Å². The maximum absolute atomic E-state index is 11.3. The van der Waals surface area contributed by atoms with Crippen molar-refractivity contribution in [3.05, 3.63) is 23.9 Å². The SMILES string of the molecule is COc1cc2c(CCNC(C)=O)c[nH]c2cc1O[C@@H]1O[C@H](C(=O)O)[C@@H](O)[C@H](O)[C@H]1O. The Morgan fingerprint density at radius 3 is 2.53 bits per heavy atom. The van der Waals surface area contributed by atoms with Crippen molar-refractivity contribution in [2.24, 2.45) is 0 Å². The normalized spacial score (nSPS) is 26.4. The molecule has 2 heterocycles. The van der Waals surface area contributed by atoms with Gasteiger partial charge < -0.3 is 44.9 Å². The zero-order valence-corrected chi connectivity index (χ0v) is 16.4. The number of aliphatic hydroxyl groups excluding tert-OH is 3. The van der Waals surface area contributed by atoms with Gasteiger partial charge in [-0.2, -0.15) is 0 Å². The molecule has 1 saturated heterocycles. The minimum absolute atomic E-state index is 0.124. The number of carboxylic acid groups (broad SMARTS) is 1. The van der Waals surface area contributed by atoms with E-state index < -0.39 is 36.7 Å². The summed E-state index contributed by atoms with van der Waals surface area (Å²) >= 11 is 0. The summed E-state index contributed by atoms with van der Waals surface area (Å²) in [4.78, 5) is 25.4. The number of aliphatic hydroxyl groups is 3. The van der Waals surface area contributed by atoms with E-state index in [0.717, 1.165) is 10.9 Å². The third kappa shape index (κ3) is 4.33. The molecule has 11 nitrogen and oxygen atoms in total. The van der Waals surface area contributed by atoms with E-state index in [1.807, 2.05) is 0 Å². The quantitative estimate of drug-likeness (QED) is 0.330. The third-order valence-electron chi connectivity index (χ3n) is 4.88. The molecular weight excluding hydrogens is 400 g/mol. The van der Waals surface area contributed by atoms with Crippen molar-refractivity contribution in [3.63, 3.8) is 0 Å². The number of aromatic nitrogens is 1. The molecule has 1 aromatic heterocycles. The van der Waals surface area contributed by atoms with Crippen LogP contribution in [-0.2, 0) is 20.7 Å². The predicted octanol–water partition coefficient (Wildman–Crippen LogP) is -0.874. The van der Waals surface area contributed by atoms with Gasteiger partial charge in [0.2, 0.25) is 12.2 Å². The van der Waals surface area contributed by atoms with Crippen molar-refractivity contribution in [1.29, 1.82) is 0 Å². The maximum atomic E-state index is 11.3. The molecular formula is C19H24N2O9. The number of carboxylic acids is 1. The fourth-order valence-electron chi connectivity index (χ4n) is 3.29. The van der Waals surface area contributed by atoms with E-state index in [9.17, 15) is 24.9 Å². The molecule has 1 amide bonds. The van der Waals surface area contributed by atoms with Crippen LogP contribution in [0.2, 0.25) is 0 Å². The molecule has 1 aliphatic rings. The number of hydrogen-bond donors (Lipinski definition) is 6. The average molecular weight is 424 g/mol. The Balaban J connectivity index is 1.85. The van der Waals surface area contributed by atoms with Gasteiger partial charge in [-0.05, 0) is 18.1 Å². The molecule has 1 fully saturated rings. The van der Waals surface area contributed by atoms with Crippen molar-refractivity contribution in [2.75, 3.05) is 13.7 Å². The summed E-state index contributed by atoms with van der Waals surface area (Å²) in [7, 11) is 1.41. The fraction of sp³-hybridized carbons (Fsp3) is 0.474. The zero-order valence-electron chi connectivity index (χ0n) is 16.4. The summed E-state index contributed by atoms with van der Waals surface area (Å²) < 4.78 is 16.1. The molecule has 1 aliphatic heterocycles. The summed E-state index contributed by atoms with van der Waals surface area (Å²) in [6.07, 6.45) is -6.23. The monoisotopic (exact) mass is 424 g/mol. The second-order valence-electron chi connectivity index (χ2n) is 6.95. The highest BCUT2D eigenvalue weighted by atomic mass is 16.7. The van der Waals surface area contributed by atoms with Gasteiger partial charge in [-0.1, -0.05) is 0 Å². The van der Waals surface area contributed by atoms with E-state index in [4.69, 9.17) is 19.3 Å². The van der Waals surface area contributed by atoms with Crippen molar-refractivity contribution in [2.45, 2.75) is 44.1 Å². The van der Waals surface area contributed by atoms with Gasteiger partial charge in [0.25, 0.3) is 0 Å². The molecule has 0 radical (unpaired) electrons. The summed E-state index contributed by atoms with van der Waals surface area (Å²) in [6, 6.07) is 3.28. The van der Waals surface area contributed by atoms with Crippen LogP contribution in [0, 0.1) is 0 Å². The highest BCUT2D eigenvalue weighted by molar-refractivity contribution is 5.87. The van der Waals surface area contributed by atoms with Crippen LogP contribution in [0.5, 0.6) is 11.5 Å². The molecule has 3 rings (SSSR count). The summed E-state index contributed by atoms with van der Waals surface area (Å²) in [5, 5.41) is 42.6. The van der Waals surface area contributed by atoms with E-state index in [1.54, 1.807) is 18.3 Å². The van der Waals surface area contributed by atoms with E-state index in [0.29, 0.717) is 18.5 Å². The van der Waals surface area contributed by atoms with Crippen LogP contribution in [0.4, 0.5) is 0 Å². The Morgan fingerprint density at radius 2 is 1.90 bits per heavy atom. The van der Waals surface area contributed by atoms with E-state index in [1.165, 1.54) is 14.0 Å². The molecule has 0 unspecified atom stereocenters. The maximum Gasteiger partial charge on any atom is 0.335 e. The predicted molar refractivity (Wildman–Crippen MR) is 102 cm³/mol. The van der Waals surface area contributed by atoms with Crippen LogP contribution < -0.4 is 14.8 Å². The van der Waals surface area contributed by atoms with Gasteiger partial charge in [0.1, 0.15) is 18.3 Å². The van der Waals surface area contributed by atoms with E-state index >= 15 is 0 Å². The van der Waals surface area contributed by atoms with Gasteiger partial charge in [-0.3, -0.25) is 4.79 Å². The minimum Gasteiger partial charge on any atom is -0.493 e. The summed E-state index contributed by atoms with van der Waals surface area (Å²) in [5.41, 5.74) is 1.60. The minimum atomic E-state index is -1.81. The average Bonchev–Trinajstić information content (AvgIpc) is 3.08. The zero-order chi connectivity index (χ0) is 22.0. The highest BCUT2D eigenvalue weighted by Crippen LogP contribution is 2.36. The Bertz CT molecular complexity index is 928. The number of aliphatic carboxylic acids is 1. The Labute approximate surface area is 171 Å². The second kappa shape index (κ2) is 8.88. The number of amides is 1. The largest absolute Gasteiger partial charge is 0.493 e. The van der Waals surface area contributed by atoms with Gasteiger partial charge in [0, 0.05) is 36.6 Å². The van der Waals surface area contributed by atoms with Gasteiger partial charge >= 0.3 is 5.97 Å². The summed E-state index contributed by atoms with van der Waals surface area (Å²) in [5.74, 6) is -1.21. The number of fused-ring (bicyclic) bond motifs is 1. The number of carbonyl (C=O) groups excluding carboxylic acids is 1. The Kier molecular flexibility index (Phi) is 6.46. The van der Waals surface area contributed by atoms with Crippen molar-refractivity contribution in [1.82, 2.24) is 10.3 Å². The molecule has 5 atom stereocenters. The smallest absolute Gasteiger partial charge is 0.335 e. The topological polar surface area (TPSA) is 171 Å². The molecule has 0 bridgehead atoms. The molecule has 1 aromatic carbocycles. The Hall–Kier alpha value is -2.86. The molecule has 2 aromatic rings. The number of H-pyrrole nitrogens is 1. The second-order valence-corrected chi connectivity index (χ2v) is 6.95. The number of rotatable bonds is 7. The van der Waals surface area contributed by atoms with Gasteiger partial charge in [0.15, 0.2) is 17.6 Å². The number of hydrogen-bond acceptors (Lipinski definition) is 8. The molecule has 30 heavy (non-hydrogen) atoms. The first kappa shape index (κ1) is 21.8. The first-order valence-corrected chi connectivity index (χ1v) is 9.24. The van der Waals surface area contributed by atoms with Crippen LogP contribution in [0.1, 0.15) is 12.5 Å². The third-order valence-corrected chi connectivity index (χ3v) is 4.88. The molecule has 6 N–H and O–H groups in total. The molecule has 11 heteroatoms. The lowest BCUT2D eigenvalue weighted by molar-refractivity contribution is -0.271. The van der Waals surface area contributed by atoms with Gasteiger partial charge in [-0.25, -0.2) is 4.79 Å². The number of carbonyl (C=O) groups is 2. The summed E-state index contributed by atoms with van der Waals surface area (Å²) in [6.45, 7) is 1.90. The van der Waals surface area contributed by atoms with Crippen molar-refractivity contribution < 1.29 is 44.2 Å².